The first kappa shape index (κ1) is 18.6. The van der Waals surface area contributed by atoms with Gasteiger partial charge in [0.25, 0.3) is 10.0 Å². The van der Waals surface area contributed by atoms with Crippen molar-refractivity contribution in [2.45, 2.75) is 17.2 Å². The number of nitrogens with zero attached hydrogens (tertiary/aromatic N) is 2. The van der Waals surface area contributed by atoms with Crippen LogP contribution in [0.15, 0.2) is 41.7 Å². The smallest absolute Gasteiger partial charge is 0.252 e. The zero-order valence-electron chi connectivity index (χ0n) is 13.2. The number of hydrogen-bond acceptors (Lipinski definition) is 7. The normalized spacial score (nSPS) is 17.5. The largest absolute Gasteiger partial charge is 0.502 e. The fourth-order valence-corrected chi connectivity index (χ4v) is 6.29. The molecule has 0 radical (unpaired) electrons. The van der Waals surface area contributed by atoms with Crippen molar-refractivity contribution in [1.29, 1.82) is 0 Å². The van der Waals surface area contributed by atoms with Gasteiger partial charge >= 0.3 is 0 Å². The summed E-state index contributed by atoms with van der Waals surface area (Å²) in [7, 11) is -3.48. The van der Waals surface area contributed by atoms with Crippen LogP contribution in [0.25, 0.3) is 0 Å². The van der Waals surface area contributed by atoms with Crippen molar-refractivity contribution in [3.05, 3.63) is 44.2 Å². The topological polar surface area (TPSA) is 91.1 Å². The van der Waals surface area contributed by atoms with Gasteiger partial charge in [0.1, 0.15) is 16.2 Å². The van der Waals surface area contributed by atoms with E-state index in [9.17, 15) is 18.3 Å². The van der Waals surface area contributed by atoms with Gasteiger partial charge in [-0.05, 0) is 41.0 Å². The van der Waals surface area contributed by atoms with Gasteiger partial charge in [0.2, 0.25) is 5.43 Å². The molecule has 1 fully saturated rings. The van der Waals surface area contributed by atoms with Gasteiger partial charge in [-0.25, -0.2) is 8.42 Å². The van der Waals surface area contributed by atoms with Crippen LogP contribution in [0.1, 0.15) is 12.2 Å². The Balaban J connectivity index is 1.68. The molecule has 7 nitrogen and oxygen atoms in total. The van der Waals surface area contributed by atoms with Crippen molar-refractivity contribution in [2.75, 3.05) is 26.2 Å². The quantitative estimate of drug-likeness (QED) is 0.769. The van der Waals surface area contributed by atoms with Crippen molar-refractivity contribution < 1.29 is 17.9 Å². The molecule has 0 unspecified atom stereocenters. The van der Waals surface area contributed by atoms with Crippen LogP contribution in [-0.4, -0.2) is 48.9 Å². The third kappa shape index (κ3) is 4.32. The van der Waals surface area contributed by atoms with E-state index < -0.39 is 21.2 Å². The number of hydrogen-bond donors (Lipinski definition) is 1. The van der Waals surface area contributed by atoms with Crippen LogP contribution in [0.3, 0.4) is 0 Å². The van der Waals surface area contributed by atoms with Gasteiger partial charge in [-0.15, -0.1) is 11.3 Å². The zero-order chi connectivity index (χ0) is 18.0. The van der Waals surface area contributed by atoms with Crippen molar-refractivity contribution in [3.8, 4) is 5.75 Å². The number of aromatic hydroxyl groups is 1. The lowest BCUT2D eigenvalue weighted by Crippen LogP contribution is -2.34. The summed E-state index contributed by atoms with van der Waals surface area (Å²) in [6.45, 7) is 2.46. The van der Waals surface area contributed by atoms with E-state index in [1.54, 1.807) is 12.1 Å². The molecule has 2 aromatic rings. The maximum Gasteiger partial charge on any atom is 0.252 e. The first-order chi connectivity index (χ1) is 11.9. The van der Waals surface area contributed by atoms with Gasteiger partial charge in [-0.1, -0.05) is 0 Å². The van der Waals surface area contributed by atoms with E-state index in [0.29, 0.717) is 49.1 Å². The third-order valence-electron chi connectivity index (χ3n) is 3.94. The molecule has 2 aromatic heterocycles. The molecular weight excluding hydrogens is 432 g/mol. The second-order valence-corrected chi connectivity index (χ2v) is 10.3. The summed E-state index contributed by atoms with van der Waals surface area (Å²) in [5.74, 6) is 0.0280. The van der Waals surface area contributed by atoms with Crippen LogP contribution >= 0.6 is 27.3 Å². The SMILES string of the molecule is O=c1cc(CN2CCCN(S(=O)(=O)c3ccc(Br)s3)CC2)occ1O. The highest BCUT2D eigenvalue weighted by molar-refractivity contribution is 9.11. The van der Waals surface area contributed by atoms with Gasteiger partial charge in [0.15, 0.2) is 5.75 Å². The van der Waals surface area contributed by atoms with Crippen molar-refractivity contribution in [1.82, 2.24) is 9.21 Å². The second-order valence-electron chi connectivity index (χ2n) is 5.69. The summed E-state index contributed by atoms with van der Waals surface area (Å²) in [6, 6.07) is 4.60. The Morgan fingerprint density at radius 2 is 2.04 bits per heavy atom. The molecule has 0 atom stereocenters. The van der Waals surface area contributed by atoms with E-state index in [2.05, 4.69) is 15.9 Å². The monoisotopic (exact) mass is 448 g/mol. The Labute approximate surface area is 157 Å². The first-order valence-electron chi connectivity index (χ1n) is 7.65. The standard InChI is InChI=1S/C15H17BrN2O5S2/c16-14-2-3-15(24-14)25(21,22)18-5-1-4-17(6-7-18)9-11-8-12(19)13(20)10-23-11/h2-3,8,10,20H,1,4-7,9H2. The fraction of sp³-hybridized carbons (Fsp3) is 0.400. The van der Waals surface area contributed by atoms with Crippen molar-refractivity contribution in [2.24, 2.45) is 0 Å². The molecule has 1 aliphatic rings. The van der Waals surface area contributed by atoms with Crippen LogP contribution in [0, 0.1) is 0 Å². The van der Waals surface area contributed by atoms with Crippen LogP contribution in [0.5, 0.6) is 5.75 Å². The van der Waals surface area contributed by atoms with Crippen LogP contribution in [0.4, 0.5) is 0 Å². The number of thiophene rings is 1. The summed E-state index contributed by atoms with van der Waals surface area (Å²) in [5.41, 5.74) is -0.483. The van der Waals surface area contributed by atoms with Crippen LogP contribution in [-0.2, 0) is 16.6 Å². The lowest BCUT2D eigenvalue weighted by molar-refractivity contribution is 0.250. The molecular formula is C15H17BrN2O5S2. The summed E-state index contributed by atoms with van der Waals surface area (Å²) in [4.78, 5) is 13.5. The summed E-state index contributed by atoms with van der Waals surface area (Å²) >= 11 is 4.50. The molecule has 25 heavy (non-hydrogen) atoms. The highest BCUT2D eigenvalue weighted by Crippen LogP contribution is 2.29. The van der Waals surface area contributed by atoms with Gasteiger partial charge < -0.3 is 9.52 Å². The molecule has 3 heterocycles. The molecule has 136 valence electrons. The van der Waals surface area contributed by atoms with Crippen molar-refractivity contribution >= 4 is 37.3 Å². The predicted molar refractivity (Wildman–Crippen MR) is 97.3 cm³/mol. The summed E-state index contributed by atoms with van der Waals surface area (Å²) < 4.78 is 33.3. The van der Waals surface area contributed by atoms with Gasteiger partial charge in [-0.3, -0.25) is 9.69 Å². The lowest BCUT2D eigenvalue weighted by Gasteiger charge is -2.20. The van der Waals surface area contributed by atoms with E-state index in [0.717, 1.165) is 10.0 Å². The Kier molecular flexibility index (Phi) is 5.64. The highest BCUT2D eigenvalue weighted by Gasteiger charge is 2.28. The highest BCUT2D eigenvalue weighted by atomic mass is 79.9. The van der Waals surface area contributed by atoms with Crippen LogP contribution < -0.4 is 5.43 Å². The van der Waals surface area contributed by atoms with Gasteiger partial charge in [-0.2, -0.15) is 4.31 Å². The first-order valence-corrected chi connectivity index (χ1v) is 10.7. The Morgan fingerprint density at radius 3 is 2.72 bits per heavy atom. The summed E-state index contributed by atoms with van der Waals surface area (Å²) in [6.07, 6.45) is 1.72. The number of rotatable bonds is 4. The molecule has 0 aliphatic carbocycles. The maximum atomic E-state index is 12.7. The molecule has 10 heteroatoms. The third-order valence-corrected chi connectivity index (χ3v) is 7.93. The Hall–Kier alpha value is -1.20. The zero-order valence-corrected chi connectivity index (χ0v) is 16.4. The number of halogens is 1. The molecule has 1 N–H and O–H groups in total. The molecule has 0 saturated carbocycles. The molecule has 0 spiro atoms. The minimum atomic E-state index is -3.48. The average Bonchev–Trinajstić information content (AvgIpc) is 2.87. The number of sulfonamides is 1. The maximum absolute atomic E-state index is 12.7. The van der Waals surface area contributed by atoms with E-state index >= 15 is 0 Å². The van der Waals surface area contributed by atoms with Gasteiger partial charge in [0, 0.05) is 25.7 Å². The van der Waals surface area contributed by atoms with Crippen LogP contribution in [0.2, 0.25) is 0 Å². The molecule has 1 saturated heterocycles. The van der Waals surface area contributed by atoms with E-state index in [-0.39, 0.29) is 0 Å². The molecule has 0 aromatic carbocycles. The molecule has 0 amide bonds. The average molecular weight is 449 g/mol. The van der Waals surface area contributed by atoms with E-state index in [4.69, 9.17) is 4.42 Å². The van der Waals surface area contributed by atoms with Crippen molar-refractivity contribution in [3.63, 3.8) is 0 Å². The molecule has 1 aliphatic heterocycles. The summed E-state index contributed by atoms with van der Waals surface area (Å²) in [5, 5.41) is 9.23. The van der Waals surface area contributed by atoms with E-state index in [1.807, 2.05) is 4.90 Å². The second kappa shape index (κ2) is 7.58. The predicted octanol–water partition coefficient (Wildman–Crippen LogP) is 2.07. The molecule has 3 rings (SSSR count). The minimum Gasteiger partial charge on any atom is -0.502 e. The van der Waals surface area contributed by atoms with E-state index in [1.165, 1.54) is 21.7 Å². The minimum absolute atomic E-state index is 0.331. The fourth-order valence-electron chi connectivity index (χ4n) is 2.66. The molecule has 0 bridgehead atoms. The Bertz CT molecular complexity index is 909. The van der Waals surface area contributed by atoms with Gasteiger partial charge in [0.05, 0.1) is 10.3 Å². The Morgan fingerprint density at radius 1 is 1.24 bits per heavy atom. The lowest BCUT2D eigenvalue weighted by atomic mass is 10.3.